The minimum atomic E-state index is -4.97. The van der Waals surface area contributed by atoms with E-state index in [0.29, 0.717) is 10.5 Å². The molecule has 2 nitrogen and oxygen atoms in total. The number of halogens is 3. The molecular weight excluding hydrogens is 315 g/mol. The Kier molecular flexibility index (Phi) is 5.43. The maximum atomic E-state index is 12.8. The SMILES string of the molecule is C=CCN(C(=O)C(F)(F)F)c1ccccc1C#Cc1ccccc1. The molecule has 2 rings (SSSR count). The summed E-state index contributed by atoms with van der Waals surface area (Å²) in [4.78, 5) is 12.3. The highest BCUT2D eigenvalue weighted by Gasteiger charge is 2.43. The van der Waals surface area contributed by atoms with Crippen LogP contribution in [0.5, 0.6) is 0 Å². The Morgan fingerprint density at radius 1 is 1.04 bits per heavy atom. The number of hydrogen-bond acceptors (Lipinski definition) is 1. The van der Waals surface area contributed by atoms with Crippen LogP contribution in [0.3, 0.4) is 0 Å². The van der Waals surface area contributed by atoms with Gasteiger partial charge in [0, 0.05) is 17.7 Å². The van der Waals surface area contributed by atoms with Crippen molar-refractivity contribution >= 4 is 11.6 Å². The number of carbonyl (C=O) groups is 1. The molecule has 122 valence electrons. The van der Waals surface area contributed by atoms with Crippen molar-refractivity contribution in [2.45, 2.75) is 6.18 Å². The lowest BCUT2D eigenvalue weighted by Gasteiger charge is -2.23. The van der Waals surface area contributed by atoms with Gasteiger partial charge in [0.2, 0.25) is 0 Å². The predicted octanol–water partition coefficient (Wildman–Crippen LogP) is 4.17. The molecule has 0 heterocycles. The van der Waals surface area contributed by atoms with Crippen molar-refractivity contribution in [1.29, 1.82) is 0 Å². The summed E-state index contributed by atoms with van der Waals surface area (Å²) in [5.41, 5.74) is 1.16. The molecule has 24 heavy (non-hydrogen) atoms. The minimum absolute atomic E-state index is 0.100. The lowest BCUT2D eigenvalue weighted by Crippen LogP contribution is -2.41. The number of para-hydroxylation sites is 1. The van der Waals surface area contributed by atoms with E-state index in [1.165, 1.54) is 12.1 Å². The second kappa shape index (κ2) is 7.51. The van der Waals surface area contributed by atoms with Crippen molar-refractivity contribution in [3.05, 3.63) is 78.4 Å². The van der Waals surface area contributed by atoms with E-state index in [4.69, 9.17) is 0 Å². The van der Waals surface area contributed by atoms with E-state index in [1.54, 1.807) is 30.3 Å². The predicted molar refractivity (Wildman–Crippen MR) is 87.5 cm³/mol. The molecule has 0 unspecified atom stereocenters. The van der Waals surface area contributed by atoms with Gasteiger partial charge < -0.3 is 0 Å². The van der Waals surface area contributed by atoms with Crippen molar-refractivity contribution in [3.8, 4) is 11.8 Å². The number of rotatable bonds is 3. The second-order valence-electron chi connectivity index (χ2n) is 4.84. The number of benzene rings is 2. The molecule has 0 aliphatic heterocycles. The van der Waals surface area contributed by atoms with E-state index in [-0.39, 0.29) is 12.2 Å². The molecule has 0 atom stereocenters. The fraction of sp³-hybridized carbons (Fsp3) is 0.105. The molecule has 0 bridgehead atoms. The summed E-state index contributed by atoms with van der Waals surface area (Å²) in [5, 5.41) is 0. The van der Waals surface area contributed by atoms with Gasteiger partial charge in [0.15, 0.2) is 0 Å². The van der Waals surface area contributed by atoms with E-state index in [1.807, 2.05) is 18.2 Å². The van der Waals surface area contributed by atoms with Crippen molar-refractivity contribution in [3.63, 3.8) is 0 Å². The normalized spacial score (nSPS) is 10.5. The quantitative estimate of drug-likeness (QED) is 0.611. The first-order valence-corrected chi connectivity index (χ1v) is 7.09. The van der Waals surface area contributed by atoms with E-state index < -0.39 is 12.1 Å². The van der Waals surface area contributed by atoms with Gasteiger partial charge in [0.1, 0.15) is 0 Å². The van der Waals surface area contributed by atoms with E-state index in [9.17, 15) is 18.0 Å². The van der Waals surface area contributed by atoms with Crippen molar-refractivity contribution in [2.75, 3.05) is 11.4 Å². The molecule has 0 N–H and O–H groups in total. The smallest absolute Gasteiger partial charge is 0.300 e. The molecular formula is C19H14F3NO. The highest BCUT2D eigenvalue weighted by molar-refractivity contribution is 5.98. The van der Waals surface area contributed by atoms with Crippen LogP contribution in [0.2, 0.25) is 0 Å². The average molecular weight is 329 g/mol. The number of anilines is 1. The number of hydrogen-bond donors (Lipinski definition) is 0. The lowest BCUT2D eigenvalue weighted by molar-refractivity contribution is -0.170. The van der Waals surface area contributed by atoms with Crippen LogP contribution in [0, 0.1) is 11.8 Å². The molecule has 0 spiro atoms. The van der Waals surface area contributed by atoms with Gasteiger partial charge in [0.25, 0.3) is 0 Å². The molecule has 0 saturated carbocycles. The summed E-state index contributed by atoms with van der Waals surface area (Å²) in [6.45, 7) is 3.15. The van der Waals surface area contributed by atoms with Crippen LogP contribution in [0.1, 0.15) is 11.1 Å². The van der Waals surface area contributed by atoms with Gasteiger partial charge in [-0.05, 0) is 24.3 Å². The Morgan fingerprint density at radius 3 is 2.29 bits per heavy atom. The summed E-state index contributed by atoms with van der Waals surface area (Å²) in [5.74, 6) is 3.76. The van der Waals surface area contributed by atoms with Crippen LogP contribution >= 0.6 is 0 Å². The van der Waals surface area contributed by atoms with Crippen LogP contribution < -0.4 is 4.90 Å². The molecule has 0 fully saturated rings. The maximum Gasteiger partial charge on any atom is 0.471 e. The fourth-order valence-corrected chi connectivity index (χ4v) is 2.05. The van der Waals surface area contributed by atoms with Crippen molar-refractivity contribution < 1.29 is 18.0 Å². The van der Waals surface area contributed by atoms with Gasteiger partial charge in [-0.1, -0.05) is 48.2 Å². The highest BCUT2D eigenvalue weighted by atomic mass is 19.4. The molecule has 0 radical (unpaired) electrons. The Bertz CT molecular complexity index is 785. The third-order valence-corrected chi connectivity index (χ3v) is 3.11. The van der Waals surface area contributed by atoms with Crippen LogP contribution in [0.15, 0.2) is 67.3 Å². The molecule has 2 aromatic carbocycles. The number of nitrogens with zero attached hydrogens (tertiary/aromatic N) is 1. The molecule has 5 heteroatoms. The van der Waals surface area contributed by atoms with E-state index in [2.05, 4.69) is 18.4 Å². The molecule has 0 aliphatic rings. The van der Waals surface area contributed by atoms with Gasteiger partial charge in [-0.25, -0.2) is 0 Å². The maximum absolute atomic E-state index is 12.8. The number of alkyl halides is 3. The van der Waals surface area contributed by atoms with Gasteiger partial charge in [-0.3, -0.25) is 9.69 Å². The third kappa shape index (κ3) is 4.26. The lowest BCUT2D eigenvalue weighted by atomic mass is 10.1. The first-order chi connectivity index (χ1) is 11.4. The topological polar surface area (TPSA) is 20.3 Å². The van der Waals surface area contributed by atoms with Gasteiger partial charge in [-0.2, -0.15) is 13.2 Å². The van der Waals surface area contributed by atoms with Gasteiger partial charge >= 0.3 is 12.1 Å². The van der Waals surface area contributed by atoms with Crippen LogP contribution in [0.25, 0.3) is 0 Å². The number of carbonyl (C=O) groups excluding carboxylic acids is 1. The Morgan fingerprint density at radius 2 is 1.67 bits per heavy atom. The zero-order valence-corrected chi connectivity index (χ0v) is 12.7. The van der Waals surface area contributed by atoms with Crippen LogP contribution in [0.4, 0.5) is 18.9 Å². The third-order valence-electron chi connectivity index (χ3n) is 3.11. The van der Waals surface area contributed by atoms with Crippen LogP contribution in [-0.4, -0.2) is 18.6 Å². The zero-order chi connectivity index (χ0) is 17.6. The highest BCUT2D eigenvalue weighted by Crippen LogP contribution is 2.26. The van der Waals surface area contributed by atoms with Crippen LogP contribution in [-0.2, 0) is 4.79 Å². The number of amides is 1. The Balaban J connectivity index is 2.44. The zero-order valence-electron chi connectivity index (χ0n) is 12.7. The monoisotopic (exact) mass is 329 g/mol. The van der Waals surface area contributed by atoms with E-state index >= 15 is 0 Å². The average Bonchev–Trinajstić information content (AvgIpc) is 2.58. The molecule has 2 aromatic rings. The first kappa shape index (κ1) is 17.4. The largest absolute Gasteiger partial charge is 0.471 e. The molecule has 0 saturated heterocycles. The summed E-state index contributed by atoms with van der Waals surface area (Å²) < 4.78 is 38.5. The van der Waals surface area contributed by atoms with Gasteiger partial charge in [-0.15, -0.1) is 6.58 Å². The molecule has 0 aromatic heterocycles. The first-order valence-electron chi connectivity index (χ1n) is 7.09. The summed E-state index contributed by atoms with van der Waals surface area (Å²) in [7, 11) is 0. The van der Waals surface area contributed by atoms with Gasteiger partial charge in [0.05, 0.1) is 5.69 Å². The Labute approximate surface area is 138 Å². The van der Waals surface area contributed by atoms with Crippen molar-refractivity contribution in [1.82, 2.24) is 0 Å². The fourth-order valence-electron chi connectivity index (χ4n) is 2.05. The molecule has 0 aliphatic carbocycles. The standard InChI is InChI=1S/C19H14F3NO/c1-2-14-23(18(24)19(20,21)22)17-11-7-6-10-16(17)13-12-15-8-4-3-5-9-15/h2-11H,1,14H2. The van der Waals surface area contributed by atoms with Crippen molar-refractivity contribution in [2.24, 2.45) is 0 Å². The summed E-state index contributed by atoms with van der Waals surface area (Å²) >= 11 is 0. The summed E-state index contributed by atoms with van der Waals surface area (Å²) in [6.07, 6.45) is -3.73. The second-order valence-corrected chi connectivity index (χ2v) is 4.84. The minimum Gasteiger partial charge on any atom is -0.300 e. The Hall–Kier alpha value is -3.00. The van der Waals surface area contributed by atoms with E-state index in [0.717, 1.165) is 5.56 Å². The summed E-state index contributed by atoms with van der Waals surface area (Å²) in [6, 6.07) is 15.3. The molecule has 1 amide bonds.